The van der Waals surface area contributed by atoms with Crippen molar-refractivity contribution in [1.29, 1.82) is 0 Å². The lowest BCUT2D eigenvalue weighted by atomic mass is 9.98. The van der Waals surface area contributed by atoms with Crippen LogP contribution in [-0.2, 0) is 16.0 Å². The van der Waals surface area contributed by atoms with E-state index in [4.69, 9.17) is 0 Å². The molecule has 0 radical (unpaired) electrons. The Bertz CT molecular complexity index is 755. The number of anilines is 1. The van der Waals surface area contributed by atoms with E-state index in [-0.39, 0.29) is 17.9 Å². The van der Waals surface area contributed by atoms with Crippen LogP contribution in [0, 0.1) is 0 Å². The molecule has 1 aromatic heterocycles. The first-order chi connectivity index (χ1) is 12.1. The fourth-order valence-corrected chi connectivity index (χ4v) is 4.91. The van der Waals surface area contributed by atoms with Crippen molar-refractivity contribution in [3.05, 3.63) is 46.2 Å². The number of thiophene rings is 1. The van der Waals surface area contributed by atoms with Crippen LogP contribution in [0.25, 0.3) is 0 Å². The largest absolute Gasteiger partial charge is 0.335 e. The summed E-state index contributed by atoms with van der Waals surface area (Å²) < 4.78 is 0. The quantitative estimate of drug-likeness (QED) is 0.792. The average molecular weight is 375 g/mol. The highest BCUT2D eigenvalue weighted by atomic mass is 32.2. The Morgan fingerprint density at radius 3 is 2.72 bits per heavy atom. The number of carbonyl (C=O) groups is 2. The lowest BCUT2D eigenvalue weighted by Gasteiger charge is -2.35. The van der Waals surface area contributed by atoms with Gasteiger partial charge in [0.15, 0.2) is 0 Å². The van der Waals surface area contributed by atoms with Crippen molar-refractivity contribution in [1.82, 2.24) is 4.90 Å². The van der Waals surface area contributed by atoms with Crippen LogP contribution in [0.4, 0.5) is 5.69 Å². The molecule has 2 heterocycles. The van der Waals surface area contributed by atoms with Crippen molar-refractivity contribution in [2.24, 2.45) is 0 Å². The highest BCUT2D eigenvalue weighted by Gasteiger charge is 2.29. The van der Waals surface area contributed by atoms with E-state index < -0.39 is 0 Å². The predicted molar refractivity (Wildman–Crippen MR) is 104 cm³/mol. The SMILES string of the molecule is CCC1c2ccsc2CCN1C(=O)CSc1ccc(NC(C)=O)cc1. The standard InChI is InChI=1S/C19H22N2O2S2/c1-3-17-16-9-11-24-18(16)8-10-21(17)19(23)12-25-15-6-4-14(5-7-15)20-13(2)22/h4-7,9,11,17H,3,8,10,12H2,1-2H3,(H,20,22). The molecule has 2 amide bonds. The van der Waals surface area contributed by atoms with Gasteiger partial charge in [0.1, 0.15) is 0 Å². The van der Waals surface area contributed by atoms with E-state index in [9.17, 15) is 9.59 Å². The second-order valence-electron chi connectivity index (χ2n) is 6.05. The van der Waals surface area contributed by atoms with Gasteiger partial charge in [0.2, 0.25) is 11.8 Å². The van der Waals surface area contributed by atoms with E-state index in [0.717, 1.165) is 30.0 Å². The second kappa shape index (κ2) is 8.06. The molecule has 6 heteroatoms. The van der Waals surface area contributed by atoms with Crippen LogP contribution < -0.4 is 5.32 Å². The average Bonchev–Trinajstić information content (AvgIpc) is 3.08. The Morgan fingerprint density at radius 1 is 1.28 bits per heavy atom. The second-order valence-corrected chi connectivity index (χ2v) is 8.10. The summed E-state index contributed by atoms with van der Waals surface area (Å²) in [5, 5.41) is 4.88. The van der Waals surface area contributed by atoms with Crippen LogP contribution in [0.1, 0.15) is 36.8 Å². The summed E-state index contributed by atoms with van der Waals surface area (Å²) >= 11 is 3.35. The number of nitrogens with one attached hydrogen (secondary N) is 1. The zero-order valence-corrected chi connectivity index (χ0v) is 16.1. The van der Waals surface area contributed by atoms with E-state index in [1.54, 1.807) is 23.1 Å². The van der Waals surface area contributed by atoms with Gasteiger partial charge < -0.3 is 10.2 Å². The molecule has 0 aliphatic carbocycles. The predicted octanol–water partition coefficient (Wildman–Crippen LogP) is 4.33. The number of benzene rings is 1. The van der Waals surface area contributed by atoms with Gasteiger partial charge in [0.05, 0.1) is 11.8 Å². The summed E-state index contributed by atoms with van der Waals surface area (Å²) in [6.07, 6.45) is 1.91. The van der Waals surface area contributed by atoms with E-state index in [1.807, 2.05) is 29.2 Å². The molecule has 0 spiro atoms. The Balaban J connectivity index is 1.60. The summed E-state index contributed by atoms with van der Waals surface area (Å²) in [4.78, 5) is 28.3. The number of nitrogens with zero attached hydrogens (tertiary/aromatic N) is 1. The first kappa shape index (κ1) is 18.0. The van der Waals surface area contributed by atoms with E-state index >= 15 is 0 Å². The highest BCUT2D eigenvalue weighted by molar-refractivity contribution is 8.00. The fourth-order valence-electron chi connectivity index (χ4n) is 3.20. The summed E-state index contributed by atoms with van der Waals surface area (Å²) in [5.74, 6) is 0.550. The fraction of sp³-hybridized carbons (Fsp3) is 0.368. The van der Waals surface area contributed by atoms with E-state index in [0.29, 0.717) is 5.75 Å². The smallest absolute Gasteiger partial charge is 0.233 e. The van der Waals surface area contributed by atoms with Gasteiger partial charge in [-0.3, -0.25) is 9.59 Å². The van der Waals surface area contributed by atoms with Gasteiger partial charge in [-0.25, -0.2) is 0 Å². The zero-order chi connectivity index (χ0) is 17.8. The highest BCUT2D eigenvalue weighted by Crippen LogP contribution is 2.35. The van der Waals surface area contributed by atoms with Gasteiger partial charge in [-0.05, 0) is 54.1 Å². The van der Waals surface area contributed by atoms with Gasteiger partial charge in [-0.1, -0.05) is 6.92 Å². The maximum absolute atomic E-state index is 12.7. The van der Waals surface area contributed by atoms with Crippen LogP contribution >= 0.6 is 23.1 Å². The normalized spacial score (nSPS) is 16.4. The van der Waals surface area contributed by atoms with Crippen molar-refractivity contribution in [2.75, 3.05) is 17.6 Å². The molecule has 1 atom stereocenters. The summed E-state index contributed by atoms with van der Waals surface area (Å²) in [5.41, 5.74) is 2.10. The third kappa shape index (κ3) is 4.25. The first-order valence-corrected chi connectivity index (χ1v) is 10.3. The Kier molecular flexibility index (Phi) is 5.81. The molecule has 1 aliphatic rings. The number of carbonyl (C=O) groups excluding carboxylic acids is 2. The molecule has 1 aromatic carbocycles. The van der Waals surface area contributed by atoms with E-state index in [1.165, 1.54) is 17.4 Å². The number of hydrogen-bond acceptors (Lipinski definition) is 4. The minimum atomic E-state index is -0.0842. The maximum Gasteiger partial charge on any atom is 0.233 e. The molecule has 0 fully saturated rings. The van der Waals surface area contributed by atoms with E-state index in [2.05, 4.69) is 23.7 Å². The van der Waals surface area contributed by atoms with Crippen LogP contribution in [0.5, 0.6) is 0 Å². The molecule has 1 N–H and O–H groups in total. The molecule has 1 unspecified atom stereocenters. The molecule has 2 aromatic rings. The summed E-state index contributed by atoms with van der Waals surface area (Å²) in [6, 6.07) is 9.98. The van der Waals surface area contributed by atoms with Crippen LogP contribution in [0.3, 0.4) is 0 Å². The zero-order valence-electron chi connectivity index (χ0n) is 14.5. The molecule has 0 saturated carbocycles. The van der Waals surface area contributed by atoms with Crippen LogP contribution in [-0.4, -0.2) is 29.0 Å². The Hall–Kier alpha value is -1.79. The number of thioether (sulfide) groups is 1. The molecular formula is C19H22N2O2S2. The Morgan fingerprint density at radius 2 is 2.04 bits per heavy atom. The third-order valence-corrected chi connectivity index (χ3v) is 6.33. The van der Waals surface area contributed by atoms with Crippen LogP contribution in [0.15, 0.2) is 40.6 Å². The number of amides is 2. The molecule has 1 aliphatic heterocycles. The van der Waals surface area contributed by atoms with Crippen molar-refractivity contribution in [3.8, 4) is 0 Å². The lowest BCUT2D eigenvalue weighted by molar-refractivity contribution is -0.131. The number of rotatable bonds is 5. The molecule has 0 bridgehead atoms. The van der Waals surface area contributed by atoms with Gasteiger partial charge in [0.25, 0.3) is 0 Å². The van der Waals surface area contributed by atoms with Gasteiger partial charge >= 0.3 is 0 Å². The van der Waals surface area contributed by atoms with Gasteiger partial charge in [0, 0.05) is 28.9 Å². The molecule has 132 valence electrons. The number of fused-ring (bicyclic) bond motifs is 1. The van der Waals surface area contributed by atoms with Crippen molar-refractivity contribution >= 4 is 40.6 Å². The molecule has 0 saturated heterocycles. The van der Waals surface area contributed by atoms with Crippen molar-refractivity contribution in [3.63, 3.8) is 0 Å². The first-order valence-electron chi connectivity index (χ1n) is 8.44. The monoisotopic (exact) mass is 374 g/mol. The summed E-state index contributed by atoms with van der Waals surface area (Å²) in [6.45, 7) is 4.45. The van der Waals surface area contributed by atoms with Crippen LogP contribution in [0.2, 0.25) is 0 Å². The summed E-state index contributed by atoms with van der Waals surface area (Å²) in [7, 11) is 0. The Labute approximate surface area is 156 Å². The molecule has 25 heavy (non-hydrogen) atoms. The van der Waals surface area contributed by atoms with Gasteiger partial charge in [-0.15, -0.1) is 23.1 Å². The molecular weight excluding hydrogens is 352 g/mol. The van der Waals surface area contributed by atoms with Gasteiger partial charge in [-0.2, -0.15) is 0 Å². The van der Waals surface area contributed by atoms with Crippen molar-refractivity contribution < 1.29 is 9.59 Å². The van der Waals surface area contributed by atoms with Crippen molar-refractivity contribution in [2.45, 2.75) is 37.6 Å². The molecule has 3 rings (SSSR count). The molecule has 4 nitrogen and oxygen atoms in total. The third-order valence-electron chi connectivity index (χ3n) is 4.34. The minimum absolute atomic E-state index is 0.0842. The minimum Gasteiger partial charge on any atom is -0.335 e. The maximum atomic E-state index is 12.7. The lowest BCUT2D eigenvalue weighted by Crippen LogP contribution is -2.40. The number of hydrogen-bond donors (Lipinski definition) is 1. The topological polar surface area (TPSA) is 49.4 Å².